The fourth-order valence-corrected chi connectivity index (χ4v) is 3.23. The van der Waals surface area contributed by atoms with Crippen LogP contribution in [0.25, 0.3) is 33.3 Å². The molecule has 0 spiro atoms. The van der Waals surface area contributed by atoms with Crippen molar-refractivity contribution in [1.82, 2.24) is 20.1 Å². The number of aryl methyl sites for hydroxylation is 4. The first-order valence-electron chi connectivity index (χ1n) is 7.89. The first-order valence-corrected chi connectivity index (χ1v) is 7.89. The summed E-state index contributed by atoms with van der Waals surface area (Å²) in [5.74, 6) is 1.71. The smallest absolute Gasteiger partial charge is 0.141 e. The van der Waals surface area contributed by atoms with Crippen molar-refractivity contribution in [2.45, 2.75) is 27.7 Å². The molecule has 5 nitrogen and oxygen atoms in total. The van der Waals surface area contributed by atoms with Gasteiger partial charge in [0.25, 0.3) is 0 Å². The van der Waals surface area contributed by atoms with Crippen LogP contribution in [0, 0.1) is 27.7 Å². The average molecular weight is 318 g/mol. The first kappa shape index (κ1) is 14.6. The van der Waals surface area contributed by atoms with E-state index in [2.05, 4.69) is 39.2 Å². The zero-order valence-corrected chi connectivity index (χ0v) is 14.1. The third kappa shape index (κ3) is 2.21. The molecule has 0 aliphatic heterocycles. The number of aromatic amines is 1. The van der Waals surface area contributed by atoms with Crippen LogP contribution in [0.4, 0.5) is 0 Å². The molecule has 24 heavy (non-hydrogen) atoms. The Bertz CT molecular complexity index is 1040. The first-order chi connectivity index (χ1) is 11.5. The molecule has 0 atom stereocenters. The molecule has 0 unspecified atom stereocenters. The average Bonchev–Trinajstić information content (AvgIpc) is 3.08. The molecule has 5 heteroatoms. The Labute approximate surface area is 139 Å². The fraction of sp³-hybridized carbons (Fsp3) is 0.211. The number of pyridine rings is 1. The molecule has 0 saturated carbocycles. The van der Waals surface area contributed by atoms with Gasteiger partial charge >= 0.3 is 0 Å². The molecule has 1 aromatic carbocycles. The van der Waals surface area contributed by atoms with Gasteiger partial charge in [0.1, 0.15) is 11.6 Å². The standard InChI is InChI=1S/C19H18N4O/c1-10-5-6-20-9-16(10)15-7-14(18-11(2)23-24-12(18)3)8-17-19(15)22-13(4)21-17/h5-9H,1-4H3,(H,21,22). The third-order valence-corrected chi connectivity index (χ3v) is 4.36. The summed E-state index contributed by atoms with van der Waals surface area (Å²) < 4.78 is 5.35. The van der Waals surface area contributed by atoms with Crippen LogP contribution in [0.15, 0.2) is 35.1 Å². The van der Waals surface area contributed by atoms with Crippen molar-refractivity contribution < 1.29 is 4.52 Å². The Kier molecular flexibility index (Phi) is 3.23. The lowest BCUT2D eigenvalue weighted by atomic mass is 9.95. The van der Waals surface area contributed by atoms with Gasteiger partial charge in [-0.15, -0.1) is 0 Å². The normalized spacial score (nSPS) is 11.3. The van der Waals surface area contributed by atoms with E-state index in [1.807, 2.05) is 39.2 Å². The van der Waals surface area contributed by atoms with Crippen molar-refractivity contribution in [3.8, 4) is 22.3 Å². The van der Waals surface area contributed by atoms with Crippen molar-refractivity contribution in [3.63, 3.8) is 0 Å². The van der Waals surface area contributed by atoms with Crippen molar-refractivity contribution >= 4 is 11.0 Å². The fourth-order valence-electron chi connectivity index (χ4n) is 3.23. The monoisotopic (exact) mass is 318 g/mol. The summed E-state index contributed by atoms with van der Waals surface area (Å²) in [5, 5.41) is 4.08. The number of benzene rings is 1. The topological polar surface area (TPSA) is 67.6 Å². The van der Waals surface area contributed by atoms with Gasteiger partial charge in [-0.05, 0) is 57.0 Å². The lowest BCUT2D eigenvalue weighted by molar-refractivity contribution is 0.393. The molecule has 0 saturated heterocycles. The van der Waals surface area contributed by atoms with E-state index >= 15 is 0 Å². The van der Waals surface area contributed by atoms with Gasteiger partial charge in [-0.25, -0.2) is 4.98 Å². The Hall–Kier alpha value is -2.95. The van der Waals surface area contributed by atoms with E-state index in [0.717, 1.165) is 50.6 Å². The number of fused-ring (bicyclic) bond motifs is 1. The minimum Gasteiger partial charge on any atom is -0.361 e. The number of aromatic nitrogens is 4. The highest BCUT2D eigenvalue weighted by molar-refractivity contribution is 5.97. The summed E-state index contributed by atoms with van der Waals surface area (Å²) in [6, 6.07) is 6.28. The van der Waals surface area contributed by atoms with Gasteiger partial charge in [0.2, 0.25) is 0 Å². The van der Waals surface area contributed by atoms with Crippen LogP contribution in [0.3, 0.4) is 0 Å². The molecular formula is C19H18N4O. The molecule has 4 rings (SSSR count). The maximum atomic E-state index is 5.35. The molecule has 0 aliphatic rings. The summed E-state index contributed by atoms with van der Waals surface area (Å²) in [7, 11) is 0. The maximum absolute atomic E-state index is 5.35. The quantitative estimate of drug-likeness (QED) is 0.590. The highest BCUT2D eigenvalue weighted by Crippen LogP contribution is 2.36. The summed E-state index contributed by atoms with van der Waals surface area (Å²) in [4.78, 5) is 12.3. The molecule has 3 heterocycles. The summed E-state index contributed by atoms with van der Waals surface area (Å²) in [6.45, 7) is 7.95. The van der Waals surface area contributed by atoms with Crippen LogP contribution >= 0.6 is 0 Å². The van der Waals surface area contributed by atoms with E-state index in [4.69, 9.17) is 4.52 Å². The second-order valence-electron chi connectivity index (χ2n) is 6.13. The predicted molar refractivity (Wildman–Crippen MR) is 93.8 cm³/mol. The van der Waals surface area contributed by atoms with Gasteiger partial charge in [0.05, 0.1) is 16.7 Å². The van der Waals surface area contributed by atoms with E-state index in [9.17, 15) is 0 Å². The van der Waals surface area contributed by atoms with Gasteiger partial charge in [-0.1, -0.05) is 5.16 Å². The van der Waals surface area contributed by atoms with Crippen LogP contribution in [-0.4, -0.2) is 20.1 Å². The highest BCUT2D eigenvalue weighted by atomic mass is 16.5. The molecule has 4 aromatic rings. The summed E-state index contributed by atoms with van der Waals surface area (Å²) in [6.07, 6.45) is 3.70. The molecule has 0 amide bonds. The second-order valence-corrected chi connectivity index (χ2v) is 6.13. The molecule has 0 bridgehead atoms. The minimum absolute atomic E-state index is 0.817. The van der Waals surface area contributed by atoms with Crippen LogP contribution in [0.2, 0.25) is 0 Å². The lowest BCUT2D eigenvalue weighted by Crippen LogP contribution is -1.90. The van der Waals surface area contributed by atoms with Gasteiger partial charge in [0, 0.05) is 29.1 Å². The summed E-state index contributed by atoms with van der Waals surface area (Å²) >= 11 is 0. The predicted octanol–water partition coefficient (Wildman–Crippen LogP) is 4.51. The van der Waals surface area contributed by atoms with Crippen molar-refractivity contribution in [2.24, 2.45) is 0 Å². The van der Waals surface area contributed by atoms with Crippen LogP contribution in [0.5, 0.6) is 0 Å². The molecule has 120 valence electrons. The molecule has 3 aromatic heterocycles. The number of nitrogens with one attached hydrogen (secondary N) is 1. The third-order valence-electron chi connectivity index (χ3n) is 4.36. The van der Waals surface area contributed by atoms with E-state index in [1.54, 1.807) is 0 Å². The molecule has 0 aliphatic carbocycles. The highest BCUT2D eigenvalue weighted by Gasteiger charge is 2.17. The maximum Gasteiger partial charge on any atom is 0.141 e. The van der Waals surface area contributed by atoms with Crippen molar-refractivity contribution in [3.05, 3.63) is 53.4 Å². The minimum atomic E-state index is 0.817. The summed E-state index contributed by atoms with van der Waals surface area (Å²) in [5.41, 5.74) is 8.27. The largest absolute Gasteiger partial charge is 0.361 e. The zero-order chi connectivity index (χ0) is 16.8. The molecule has 0 radical (unpaired) electrons. The van der Waals surface area contributed by atoms with Crippen LogP contribution in [0.1, 0.15) is 22.8 Å². The number of H-pyrrole nitrogens is 1. The van der Waals surface area contributed by atoms with Crippen molar-refractivity contribution in [2.75, 3.05) is 0 Å². The Morgan fingerprint density at radius 1 is 1.04 bits per heavy atom. The lowest BCUT2D eigenvalue weighted by Gasteiger charge is -2.09. The Morgan fingerprint density at radius 3 is 2.58 bits per heavy atom. The zero-order valence-electron chi connectivity index (χ0n) is 14.1. The van der Waals surface area contributed by atoms with Crippen molar-refractivity contribution in [1.29, 1.82) is 0 Å². The molecular weight excluding hydrogens is 300 g/mol. The Balaban J connectivity index is 2.07. The van der Waals surface area contributed by atoms with Gasteiger partial charge in [0.15, 0.2) is 0 Å². The van der Waals surface area contributed by atoms with E-state index < -0.39 is 0 Å². The molecule has 1 N–H and O–H groups in total. The van der Waals surface area contributed by atoms with Crippen LogP contribution < -0.4 is 0 Å². The second kappa shape index (κ2) is 5.30. The SMILES string of the molecule is Cc1nc2c(-c3cnccc3C)cc(-c3c(C)noc3C)cc2[nH]1. The number of hydrogen-bond acceptors (Lipinski definition) is 4. The van der Waals surface area contributed by atoms with Crippen LogP contribution in [-0.2, 0) is 0 Å². The number of rotatable bonds is 2. The Morgan fingerprint density at radius 2 is 1.88 bits per heavy atom. The van der Waals surface area contributed by atoms with Gasteiger partial charge in [-0.2, -0.15) is 0 Å². The van der Waals surface area contributed by atoms with Gasteiger partial charge < -0.3 is 9.51 Å². The van der Waals surface area contributed by atoms with E-state index in [0.29, 0.717) is 0 Å². The van der Waals surface area contributed by atoms with Gasteiger partial charge in [-0.3, -0.25) is 4.98 Å². The number of hydrogen-bond donors (Lipinski definition) is 1. The number of nitrogens with zero attached hydrogens (tertiary/aromatic N) is 3. The van der Waals surface area contributed by atoms with E-state index in [-0.39, 0.29) is 0 Å². The number of imidazole rings is 1. The van der Waals surface area contributed by atoms with E-state index in [1.165, 1.54) is 5.56 Å². The molecule has 0 fully saturated rings.